The largest absolute Gasteiger partial charge is 0.480 e. The Morgan fingerprint density at radius 1 is 1.36 bits per heavy atom. The van der Waals surface area contributed by atoms with Crippen LogP contribution >= 0.6 is 11.8 Å². The van der Waals surface area contributed by atoms with Crippen molar-refractivity contribution in [1.29, 1.82) is 0 Å². The first-order chi connectivity index (χ1) is 10.6. The standard InChI is InChI=1S/C14H12N2O5S/c17-14(18)9-7-22-13(15-9)12-6-5-11(21-12)8-3-1-2-4-10(8)16(19)20/h1-6,9,13,15H,7H2,(H,17,18). The van der Waals surface area contributed by atoms with E-state index in [1.165, 1.54) is 17.8 Å². The number of nitro benzene ring substituents is 1. The van der Waals surface area contributed by atoms with E-state index in [1.54, 1.807) is 30.3 Å². The molecule has 1 aliphatic heterocycles. The number of hydrogen-bond donors (Lipinski definition) is 2. The van der Waals surface area contributed by atoms with Crippen LogP contribution in [0.2, 0.25) is 0 Å². The summed E-state index contributed by atoms with van der Waals surface area (Å²) in [4.78, 5) is 21.5. The van der Waals surface area contributed by atoms with E-state index in [-0.39, 0.29) is 11.1 Å². The Morgan fingerprint density at radius 2 is 2.14 bits per heavy atom. The van der Waals surface area contributed by atoms with Crippen LogP contribution in [0, 0.1) is 10.1 Å². The van der Waals surface area contributed by atoms with Crippen molar-refractivity contribution in [2.24, 2.45) is 0 Å². The molecule has 1 fully saturated rings. The Morgan fingerprint density at radius 3 is 2.82 bits per heavy atom. The number of carboxylic acids is 1. The molecule has 2 N–H and O–H groups in total. The van der Waals surface area contributed by atoms with Gasteiger partial charge in [0.1, 0.15) is 22.9 Å². The molecule has 0 amide bonds. The smallest absolute Gasteiger partial charge is 0.321 e. The summed E-state index contributed by atoms with van der Waals surface area (Å²) in [5, 5.41) is 22.7. The third-order valence-electron chi connectivity index (χ3n) is 3.33. The minimum Gasteiger partial charge on any atom is -0.480 e. The number of aliphatic carboxylic acids is 1. The second kappa shape index (κ2) is 5.82. The summed E-state index contributed by atoms with van der Waals surface area (Å²) in [5.74, 6) is 0.493. The fraction of sp³-hybridized carbons (Fsp3) is 0.214. The normalized spacial score (nSPS) is 20.9. The number of thioether (sulfide) groups is 1. The maximum atomic E-state index is 11.1. The molecule has 0 spiro atoms. The second-order valence-electron chi connectivity index (χ2n) is 4.75. The van der Waals surface area contributed by atoms with Crippen LogP contribution in [-0.4, -0.2) is 27.8 Å². The predicted molar refractivity (Wildman–Crippen MR) is 80.6 cm³/mol. The van der Waals surface area contributed by atoms with Gasteiger partial charge in [-0.3, -0.25) is 20.2 Å². The van der Waals surface area contributed by atoms with E-state index < -0.39 is 16.9 Å². The molecule has 0 bridgehead atoms. The van der Waals surface area contributed by atoms with Gasteiger partial charge in [0.15, 0.2) is 0 Å². The molecule has 22 heavy (non-hydrogen) atoms. The number of nitro groups is 1. The highest BCUT2D eigenvalue weighted by Gasteiger charge is 2.32. The monoisotopic (exact) mass is 320 g/mol. The van der Waals surface area contributed by atoms with Gasteiger partial charge in [0.05, 0.1) is 10.5 Å². The molecule has 1 aliphatic rings. The van der Waals surface area contributed by atoms with Gasteiger partial charge < -0.3 is 9.52 Å². The lowest BCUT2D eigenvalue weighted by atomic mass is 10.1. The molecule has 7 nitrogen and oxygen atoms in total. The summed E-state index contributed by atoms with van der Waals surface area (Å²) >= 11 is 1.43. The zero-order valence-electron chi connectivity index (χ0n) is 11.3. The fourth-order valence-corrected chi connectivity index (χ4v) is 3.43. The van der Waals surface area contributed by atoms with E-state index in [2.05, 4.69) is 5.32 Å². The zero-order valence-corrected chi connectivity index (χ0v) is 12.1. The van der Waals surface area contributed by atoms with Gasteiger partial charge in [0, 0.05) is 11.8 Å². The van der Waals surface area contributed by atoms with Gasteiger partial charge in [-0.25, -0.2) is 0 Å². The molecule has 1 aromatic carbocycles. The average molecular weight is 320 g/mol. The Hall–Kier alpha value is -2.32. The van der Waals surface area contributed by atoms with E-state index in [1.807, 2.05) is 0 Å². The summed E-state index contributed by atoms with van der Waals surface area (Å²) in [5.41, 5.74) is 0.371. The molecule has 3 rings (SSSR count). The second-order valence-corrected chi connectivity index (χ2v) is 5.89. The summed E-state index contributed by atoms with van der Waals surface area (Å²) in [6.45, 7) is 0. The number of furan rings is 1. The first-order valence-electron chi connectivity index (χ1n) is 6.50. The lowest BCUT2D eigenvalue weighted by Gasteiger charge is -2.07. The van der Waals surface area contributed by atoms with Crippen LogP contribution < -0.4 is 5.32 Å². The fourth-order valence-electron chi connectivity index (χ4n) is 2.26. The van der Waals surface area contributed by atoms with Crippen molar-refractivity contribution in [1.82, 2.24) is 5.32 Å². The van der Waals surface area contributed by atoms with Crippen molar-refractivity contribution >= 4 is 23.4 Å². The van der Waals surface area contributed by atoms with Gasteiger partial charge in [-0.05, 0) is 18.2 Å². The van der Waals surface area contributed by atoms with E-state index in [0.717, 1.165) is 0 Å². The van der Waals surface area contributed by atoms with Gasteiger partial charge in [-0.2, -0.15) is 0 Å². The van der Waals surface area contributed by atoms with Crippen LogP contribution in [0.4, 0.5) is 5.69 Å². The highest BCUT2D eigenvalue weighted by atomic mass is 32.2. The maximum absolute atomic E-state index is 11.1. The number of nitrogens with zero attached hydrogens (tertiary/aromatic N) is 1. The SMILES string of the molecule is O=C(O)C1CSC(c2ccc(-c3ccccc3[N+](=O)[O-])o2)N1. The summed E-state index contributed by atoms with van der Waals surface area (Å²) < 4.78 is 5.69. The van der Waals surface area contributed by atoms with Crippen molar-refractivity contribution in [3.63, 3.8) is 0 Å². The molecule has 2 unspecified atom stereocenters. The highest BCUT2D eigenvalue weighted by molar-refractivity contribution is 7.99. The van der Waals surface area contributed by atoms with Crippen LogP contribution in [0.25, 0.3) is 11.3 Å². The number of nitrogens with one attached hydrogen (secondary N) is 1. The van der Waals surface area contributed by atoms with Gasteiger partial charge in [0.25, 0.3) is 5.69 Å². The van der Waals surface area contributed by atoms with Gasteiger partial charge >= 0.3 is 5.97 Å². The molecule has 2 heterocycles. The van der Waals surface area contributed by atoms with Gasteiger partial charge in [-0.1, -0.05) is 12.1 Å². The third kappa shape index (κ3) is 2.70. The molecule has 0 aliphatic carbocycles. The summed E-state index contributed by atoms with van der Waals surface area (Å²) in [6, 6.07) is 9.09. The van der Waals surface area contributed by atoms with Crippen molar-refractivity contribution in [3.05, 3.63) is 52.3 Å². The van der Waals surface area contributed by atoms with Crippen molar-refractivity contribution in [3.8, 4) is 11.3 Å². The number of rotatable bonds is 4. The number of hydrogen-bond acceptors (Lipinski definition) is 6. The van der Waals surface area contributed by atoms with Crippen molar-refractivity contribution in [2.45, 2.75) is 11.4 Å². The van der Waals surface area contributed by atoms with Crippen LogP contribution in [0.1, 0.15) is 11.1 Å². The maximum Gasteiger partial charge on any atom is 0.321 e. The number of para-hydroxylation sites is 1. The molecule has 0 saturated carbocycles. The summed E-state index contributed by atoms with van der Waals surface area (Å²) in [6.07, 6.45) is 0. The molecule has 8 heteroatoms. The Bertz CT molecular complexity index is 730. The van der Waals surface area contributed by atoms with E-state index in [9.17, 15) is 14.9 Å². The molecule has 114 valence electrons. The molecular weight excluding hydrogens is 308 g/mol. The Kier molecular flexibility index (Phi) is 3.86. The van der Waals surface area contributed by atoms with Crippen molar-refractivity contribution < 1.29 is 19.2 Å². The quantitative estimate of drug-likeness (QED) is 0.659. The van der Waals surface area contributed by atoms with E-state index >= 15 is 0 Å². The van der Waals surface area contributed by atoms with Crippen LogP contribution in [-0.2, 0) is 4.79 Å². The minimum atomic E-state index is -0.902. The topological polar surface area (TPSA) is 106 Å². The minimum absolute atomic E-state index is 0.0288. The molecular formula is C14H12N2O5S. The van der Waals surface area contributed by atoms with E-state index in [0.29, 0.717) is 22.8 Å². The number of benzene rings is 1. The molecule has 2 atom stereocenters. The summed E-state index contributed by atoms with van der Waals surface area (Å²) in [7, 11) is 0. The number of carboxylic acid groups (broad SMARTS) is 1. The molecule has 2 aromatic rings. The van der Waals surface area contributed by atoms with Crippen LogP contribution in [0.5, 0.6) is 0 Å². The van der Waals surface area contributed by atoms with Crippen LogP contribution in [0.3, 0.4) is 0 Å². The average Bonchev–Trinajstić information content (AvgIpc) is 3.16. The third-order valence-corrected chi connectivity index (χ3v) is 4.56. The van der Waals surface area contributed by atoms with Gasteiger partial charge in [-0.15, -0.1) is 11.8 Å². The predicted octanol–water partition coefficient (Wildman–Crippen LogP) is 2.64. The molecule has 1 saturated heterocycles. The number of carbonyl (C=O) groups is 1. The van der Waals surface area contributed by atoms with Crippen molar-refractivity contribution in [2.75, 3.05) is 5.75 Å². The van der Waals surface area contributed by atoms with E-state index in [4.69, 9.17) is 9.52 Å². The first kappa shape index (κ1) is 14.6. The Balaban J connectivity index is 1.86. The van der Waals surface area contributed by atoms with Crippen LogP contribution in [0.15, 0.2) is 40.8 Å². The van der Waals surface area contributed by atoms with Gasteiger partial charge in [0.2, 0.25) is 0 Å². The Labute approximate surface area is 129 Å². The molecule has 0 radical (unpaired) electrons. The first-order valence-corrected chi connectivity index (χ1v) is 7.55. The zero-order chi connectivity index (χ0) is 15.7. The molecule has 1 aromatic heterocycles. The lowest BCUT2D eigenvalue weighted by Crippen LogP contribution is -2.33. The highest BCUT2D eigenvalue weighted by Crippen LogP contribution is 2.37. The lowest BCUT2D eigenvalue weighted by molar-refractivity contribution is -0.384.